The molecule has 0 aromatic heterocycles. The van der Waals surface area contributed by atoms with Crippen LogP contribution in [0.5, 0.6) is 5.75 Å². The minimum atomic E-state index is -0.341. The van der Waals surface area contributed by atoms with Crippen molar-refractivity contribution >= 4 is 35.1 Å². The molecule has 6 nitrogen and oxygen atoms in total. The van der Waals surface area contributed by atoms with Crippen LogP contribution in [0.1, 0.15) is 37.3 Å². The van der Waals surface area contributed by atoms with Gasteiger partial charge in [-0.25, -0.2) is 0 Å². The molecule has 2 aromatic rings. The van der Waals surface area contributed by atoms with E-state index >= 15 is 0 Å². The van der Waals surface area contributed by atoms with Crippen LogP contribution >= 0.6 is 23.2 Å². The van der Waals surface area contributed by atoms with E-state index in [9.17, 15) is 14.7 Å². The van der Waals surface area contributed by atoms with Crippen molar-refractivity contribution in [3.63, 3.8) is 0 Å². The Bertz CT molecular complexity index is 1080. The van der Waals surface area contributed by atoms with Crippen molar-refractivity contribution in [3.8, 4) is 5.75 Å². The molecule has 0 spiro atoms. The van der Waals surface area contributed by atoms with Gasteiger partial charge in [0, 0.05) is 37.3 Å². The summed E-state index contributed by atoms with van der Waals surface area (Å²) in [4.78, 5) is 27.2. The number of amides is 1. The highest BCUT2D eigenvalue weighted by molar-refractivity contribution is 6.42. The summed E-state index contributed by atoms with van der Waals surface area (Å²) in [6, 6.07) is 12.3. The van der Waals surface area contributed by atoms with E-state index in [-0.39, 0.29) is 47.5 Å². The summed E-state index contributed by atoms with van der Waals surface area (Å²) in [5.41, 5.74) is 1.47. The van der Waals surface area contributed by atoms with Gasteiger partial charge in [-0.3, -0.25) is 9.59 Å². The molecule has 1 amide bonds. The summed E-state index contributed by atoms with van der Waals surface area (Å²) in [7, 11) is 2.07. The molecule has 0 bridgehead atoms. The standard InChI is InChI=1S/C26H30Cl2N2O4/c1-16(31)34-24-13-19(29-25(33)11-17-6-7-22(27)23(28)10-17)14-26(8-9-30(2)15-21(24)26)18-4-3-5-20(32)12-18/h3-7,10,12,19,21,24,32H,8-9,11,13-15H2,1-2H3,(H,29,33). The third-order valence-electron chi connectivity index (χ3n) is 7.19. The van der Waals surface area contributed by atoms with Crippen LogP contribution in [0.15, 0.2) is 42.5 Å². The van der Waals surface area contributed by atoms with Gasteiger partial charge in [0.05, 0.1) is 16.5 Å². The molecule has 1 aliphatic carbocycles. The van der Waals surface area contributed by atoms with E-state index in [4.69, 9.17) is 27.9 Å². The van der Waals surface area contributed by atoms with Crippen LogP contribution in [-0.2, 0) is 26.2 Å². The van der Waals surface area contributed by atoms with E-state index in [0.29, 0.717) is 22.9 Å². The molecule has 0 radical (unpaired) electrons. The van der Waals surface area contributed by atoms with Crippen LogP contribution in [0, 0.1) is 5.92 Å². The third kappa shape index (κ3) is 5.35. The van der Waals surface area contributed by atoms with Gasteiger partial charge in [-0.15, -0.1) is 0 Å². The van der Waals surface area contributed by atoms with Gasteiger partial charge in [-0.1, -0.05) is 41.4 Å². The molecule has 2 N–H and O–H groups in total. The lowest BCUT2D eigenvalue weighted by Gasteiger charge is -2.55. The minimum Gasteiger partial charge on any atom is -0.508 e. The van der Waals surface area contributed by atoms with Gasteiger partial charge >= 0.3 is 5.97 Å². The number of nitrogens with zero attached hydrogens (tertiary/aromatic N) is 1. The second kappa shape index (κ2) is 10.1. The zero-order valence-electron chi connectivity index (χ0n) is 19.4. The summed E-state index contributed by atoms with van der Waals surface area (Å²) in [6.45, 7) is 3.08. The number of hydrogen-bond acceptors (Lipinski definition) is 5. The second-order valence-corrected chi connectivity index (χ2v) is 10.4. The quantitative estimate of drug-likeness (QED) is 0.592. The van der Waals surface area contributed by atoms with Crippen molar-refractivity contribution in [2.75, 3.05) is 20.1 Å². The fourth-order valence-electron chi connectivity index (χ4n) is 5.73. The highest BCUT2D eigenvalue weighted by Gasteiger charge is 2.53. The van der Waals surface area contributed by atoms with Crippen LogP contribution in [-0.4, -0.2) is 54.2 Å². The Balaban J connectivity index is 1.61. The number of aromatic hydroxyl groups is 1. The summed E-state index contributed by atoms with van der Waals surface area (Å²) >= 11 is 12.1. The highest BCUT2D eigenvalue weighted by Crippen LogP contribution is 2.50. The first-order valence-corrected chi connectivity index (χ1v) is 12.3. The van der Waals surface area contributed by atoms with E-state index in [1.54, 1.807) is 24.3 Å². The van der Waals surface area contributed by atoms with Gasteiger partial charge in [0.2, 0.25) is 5.91 Å². The van der Waals surface area contributed by atoms with E-state index in [0.717, 1.165) is 30.6 Å². The number of benzene rings is 2. The molecule has 8 heteroatoms. The van der Waals surface area contributed by atoms with Crippen LogP contribution < -0.4 is 5.32 Å². The fraction of sp³-hybridized carbons (Fsp3) is 0.462. The number of piperidine rings is 1. The number of halogens is 2. The smallest absolute Gasteiger partial charge is 0.302 e. The lowest BCUT2D eigenvalue weighted by atomic mass is 9.57. The lowest BCUT2D eigenvalue weighted by Crippen LogP contribution is -2.61. The maximum absolute atomic E-state index is 13.0. The van der Waals surface area contributed by atoms with Crippen LogP contribution in [0.25, 0.3) is 0 Å². The number of carbonyl (C=O) groups is 2. The lowest BCUT2D eigenvalue weighted by molar-refractivity contribution is -0.157. The number of rotatable bonds is 5. The van der Waals surface area contributed by atoms with Crippen LogP contribution in [0.2, 0.25) is 10.0 Å². The van der Waals surface area contributed by atoms with Gasteiger partial charge in [-0.2, -0.15) is 0 Å². The van der Waals surface area contributed by atoms with Gasteiger partial charge in [-0.05, 0) is 61.8 Å². The Morgan fingerprint density at radius 3 is 2.71 bits per heavy atom. The summed E-state index contributed by atoms with van der Waals surface area (Å²) in [6.07, 6.45) is 1.93. The van der Waals surface area contributed by atoms with E-state index in [2.05, 4.69) is 17.3 Å². The van der Waals surface area contributed by atoms with E-state index in [1.165, 1.54) is 6.92 Å². The average Bonchev–Trinajstić information content (AvgIpc) is 2.76. The normalized spacial score (nSPS) is 27.0. The predicted molar refractivity (Wildman–Crippen MR) is 132 cm³/mol. The van der Waals surface area contributed by atoms with Crippen molar-refractivity contribution in [2.24, 2.45) is 5.92 Å². The Hall–Kier alpha value is -2.28. The molecule has 4 unspecified atom stereocenters. The Morgan fingerprint density at radius 1 is 1.21 bits per heavy atom. The first-order chi connectivity index (χ1) is 16.2. The Labute approximate surface area is 210 Å². The van der Waals surface area contributed by atoms with Crippen LogP contribution in [0.3, 0.4) is 0 Å². The largest absolute Gasteiger partial charge is 0.508 e. The molecule has 1 heterocycles. The number of carbonyl (C=O) groups excluding carboxylic acids is 2. The topological polar surface area (TPSA) is 78.9 Å². The minimum absolute atomic E-state index is 0.0557. The number of likely N-dealkylation sites (tertiary alicyclic amines) is 1. The van der Waals surface area contributed by atoms with Crippen molar-refractivity contribution < 1.29 is 19.4 Å². The first-order valence-electron chi connectivity index (χ1n) is 11.5. The van der Waals surface area contributed by atoms with Crippen molar-refractivity contribution in [3.05, 3.63) is 63.6 Å². The highest BCUT2D eigenvalue weighted by atomic mass is 35.5. The molecule has 1 aliphatic heterocycles. The molecule has 4 rings (SSSR count). The Kier molecular flexibility index (Phi) is 7.41. The maximum Gasteiger partial charge on any atom is 0.302 e. The zero-order valence-corrected chi connectivity index (χ0v) is 20.9. The molecule has 1 saturated heterocycles. The molecular weight excluding hydrogens is 475 g/mol. The van der Waals surface area contributed by atoms with E-state index < -0.39 is 0 Å². The fourth-order valence-corrected chi connectivity index (χ4v) is 6.05. The molecule has 2 aliphatic rings. The monoisotopic (exact) mass is 504 g/mol. The molecular formula is C26H30Cl2N2O4. The number of ether oxygens (including phenoxy) is 1. The Morgan fingerprint density at radius 2 is 2.00 bits per heavy atom. The number of hydrogen-bond donors (Lipinski definition) is 2. The van der Waals surface area contributed by atoms with Gasteiger partial charge < -0.3 is 20.1 Å². The summed E-state index contributed by atoms with van der Waals surface area (Å²) < 4.78 is 5.83. The SMILES string of the molecule is CC(=O)OC1CC(NC(=O)Cc2ccc(Cl)c(Cl)c2)CC2(c3cccc(O)c3)CCN(C)CC12. The molecule has 4 atom stereocenters. The van der Waals surface area contributed by atoms with Gasteiger partial charge in [0.25, 0.3) is 0 Å². The van der Waals surface area contributed by atoms with Crippen LogP contribution in [0.4, 0.5) is 0 Å². The number of esters is 1. The second-order valence-electron chi connectivity index (χ2n) is 9.60. The number of phenols is 1. The summed E-state index contributed by atoms with van der Waals surface area (Å²) in [5.74, 6) is -0.187. The molecule has 1 saturated carbocycles. The predicted octanol–water partition coefficient (Wildman–Crippen LogP) is 4.34. The van der Waals surface area contributed by atoms with Crippen molar-refractivity contribution in [2.45, 2.75) is 50.2 Å². The van der Waals surface area contributed by atoms with E-state index in [1.807, 2.05) is 18.2 Å². The van der Waals surface area contributed by atoms with Crippen molar-refractivity contribution in [1.82, 2.24) is 10.2 Å². The zero-order chi connectivity index (χ0) is 24.5. The van der Waals surface area contributed by atoms with Gasteiger partial charge in [0.15, 0.2) is 0 Å². The summed E-state index contributed by atoms with van der Waals surface area (Å²) in [5, 5.41) is 14.3. The molecule has 2 aromatic carbocycles. The number of fused-ring (bicyclic) bond motifs is 1. The average molecular weight is 505 g/mol. The number of nitrogens with one attached hydrogen (secondary N) is 1. The first kappa shape index (κ1) is 24.8. The maximum atomic E-state index is 13.0. The molecule has 34 heavy (non-hydrogen) atoms. The van der Waals surface area contributed by atoms with Gasteiger partial charge in [0.1, 0.15) is 11.9 Å². The number of phenolic OH excluding ortho intramolecular Hbond substituents is 1. The molecule has 182 valence electrons. The molecule has 2 fully saturated rings. The van der Waals surface area contributed by atoms with Crippen molar-refractivity contribution in [1.29, 1.82) is 0 Å². The third-order valence-corrected chi connectivity index (χ3v) is 7.93.